The SMILES string of the molecule is Nc1cc(CC(O)c2ccc(Cl)cc2Br)ccn1. The number of aliphatic hydroxyl groups is 1. The summed E-state index contributed by atoms with van der Waals surface area (Å²) >= 11 is 9.26. The van der Waals surface area contributed by atoms with Crippen LogP contribution in [0.15, 0.2) is 41.0 Å². The molecule has 1 aromatic heterocycles. The molecule has 1 unspecified atom stereocenters. The van der Waals surface area contributed by atoms with Crippen LogP contribution in [0.2, 0.25) is 5.02 Å². The first-order chi connectivity index (χ1) is 8.56. The van der Waals surface area contributed by atoms with Gasteiger partial charge >= 0.3 is 0 Å². The van der Waals surface area contributed by atoms with Gasteiger partial charge in [0.15, 0.2) is 0 Å². The lowest BCUT2D eigenvalue weighted by molar-refractivity contribution is 0.177. The minimum Gasteiger partial charge on any atom is -0.388 e. The molecule has 1 aromatic carbocycles. The minimum atomic E-state index is -0.613. The van der Waals surface area contributed by atoms with Gasteiger partial charge in [0.1, 0.15) is 5.82 Å². The van der Waals surface area contributed by atoms with Gasteiger partial charge in [-0.05, 0) is 35.4 Å². The van der Waals surface area contributed by atoms with Crippen molar-refractivity contribution in [2.45, 2.75) is 12.5 Å². The Balaban J connectivity index is 2.19. The molecule has 0 saturated carbocycles. The topological polar surface area (TPSA) is 59.1 Å². The van der Waals surface area contributed by atoms with Crippen molar-refractivity contribution in [1.29, 1.82) is 0 Å². The molecule has 2 rings (SSSR count). The van der Waals surface area contributed by atoms with Crippen molar-refractivity contribution in [3.05, 3.63) is 57.2 Å². The largest absolute Gasteiger partial charge is 0.388 e. The third-order valence-electron chi connectivity index (χ3n) is 2.60. The Morgan fingerprint density at radius 1 is 1.33 bits per heavy atom. The van der Waals surface area contributed by atoms with E-state index in [1.807, 2.05) is 12.1 Å². The van der Waals surface area contributed by atoms with E-state index in [4.69, 9.17) is 17.3 Å². The third-order valence-corrected chi connectivity index (χ3v) is 3.52. The maximum Gasteiger partial charge on any atom is 0.123 e. The molecule has 0 aliphatic heterocycles. The standard InChI is InChI=1S/C13H12BrClN2O/c14-11-7-9(15)1-2-10(11)12(18)5-8-3-4-17-13(16)6-8/h1-4,6-7,12,18H,5H2,(H2,16,17). The summed E-state index contributed by atoms with van der Waals surface area (Å²) in [5.74, 6) is 0.454. The summed E-state index contributed by atoms with van der Waals surface area (Å²) in [7, 11) is 0. The summed E-state index contributed by atoms with van der Waals surface area (Å²) in [6.07, 6.45) is 1.50. The number of rotatable bonds is 3. The second-order valence-corrected chi connectivity index (χ2v) is 5.27. The molecule has 0 spiro atoms. The van der Waals surface area contributed by atoms with Crippen LogP contribution < -0.4 is 5.73 Å². The highest BCUT2D eigenvalue weighted by atomic mass is 79.9. The molecule has 94 valence electrons. The molecule has 0 bridgehead atoms. The molecule has 1 atom stereocenters. The lowest BCUT2D eigenvalue weighted by Gasteiger charge is -2.13. The Morgan fingerprint density at radius 3 is 2.78 bits per heavy atom. The van der Waals surface area contributed by atoms with E-state index < -0.39 is 6.10 Å². The van der Waals surface area contributed by atoms with Gasteiger partial charge in [0.05, 0.1) is 6.10 Å². The van der Waals surface area contributed by atoms with Crippen LogP contribution in [0.1, 0.15) is 17.2 Å². The normalized spacial score (nSPS) is 12.4. The summed E-state index contributed by atoms with van der Waals surface area (Å²) in [4.78, 5) is 3.92. The predicted octanol–water partition coefficient (Wildman–Crippen LogP) is 3.36. The molecule has 0 radical (unpaired) electrons. The Hall–Kier alpha value is -1.10. The van der Waals surface area contributed by atoms with Crippen LogP contribution in [0.3, 0.4) is 0 Å². The molecule has 18 heavy (non-hydrogen) atoms. The number of nitrogens with two attached hydrogens (primary N) is 1. The summed E-state index contributed by atoms with van der Waals surface area (Å²) in [5, 5.41) is 10.8. The van der Waals surface area contributed by atoms with E-state index in [0.717, 1.165) is 15.6 Å². The van der Waals surface area contributed by atoms with Crippen molar-refractivity contribution in [1.82, 2.24) is 4.98 Å². The highest BCUT2D eigenvalue weighted by molar-refractivity contribution is 9.10. The van der Waals surface area contributed by atoms with E-state index in [2.05, 4.69) is 20.9 Å². The minimum absolute atomic E-state index is 0.454. The molecular weight excluding hydrogens is 316 g/mol. The number of nitrogens with zero attached hydrogens (tertiary/aromatic N) is 1. The second-order valence-electron chi connectivity index (χ2n) is 3.97. The lowest BCUT2D eigenvalue weighted by atomic mass is 10.0. The number of hydrogen-bond acceptors (Lipinski definition) is 3. The summed E-state index contributed by atoms with van der Waals surface area (Å²) < 4.78 is 0.796. The number of hydrogen-bond donors (Lipinski definition) is 2. The van der Waals surface area contributed by atoms with Crippen molar-refractivity contribution < 1.29 is 5.11 Å². The fraction of sp³-hybridized carbons (Fsp3) is 0.154. The smallest absolute Gasteiger partial charge is 0.123 e. The van der Waals surface area contributed by atoms with Gasteiger partial charge in [-0.15, -0.1) is 0 Å². The number of pyridine rings is 1. The number of halogens is 2. The molecule has 0 amide bonds. The Labute approximate surface area is 119 Å². The number of anilines is 1. The van der Waals surface area contributed by atoms with E-state index in [9.17, 15) is 5.11 Å². The maximum absolute atomic E-state index is 10.2. The average Bonchev–Trinajstić information content (AvgIpc) is 2.28. The number of aliphatic hydroxyl groups excluding tert-OH is 1. The van der Waals surface area contributed by atoms with Crippen LogP contribution in [0, 0.1) is 0 Å². The van der Waals surface area contributed by atoms with Crippen LogP contribution in [-0.2, 0) is 6.42 Å². The molecule has 0 fully saturated rings. The number of benzene rings is 1. The van der Waals surface area contributed by atoms with Gasteiger partial charge in [-0.3, -0.25) is 0 Å². The van der Waals surface area contributed by atoms with Crippen molar-refractivity contribution in [2.24, 2.45) is 0 Å². The molecule has 0 saturated heterocycles. The third kappa shape index (κ3) is 3.22. The van der Waals surface area contributed by atoms with Crippen molar-refractivity contribution in [3.63, 3.8) is 0 Å². The monoisotopic (exact) mass is 326 g/mol. The molecule has 0 aliphatic rings. The zero-order chi connectivity index (χ0) is 13.1. The lowest BCUT2D eigenvalue weighted by Crippen LogP contribution is -2.03. The van der Waals surface area contributed by atoms with Crippen molar-refractivity contribution in [2.75, 3.05) is 5.73 Å². The quantitative estimate of drug-likeness (QED) is 0.909. The van der Waals surface area contributed by atoms with E-state index >= 15 is 0 Å². The predicted molar refractivity (Wildman–Crippen MR) is 76.5 cm³/mol. The Morgan fingerprint density at radius 2 is 2.11 bits per heavy atom. The molecule has 1 heterocycles. The number of nitrogen functional groups attached to an aromatic ring is 1. The first kappa shape index (κ1) is 13.3. The van der Waals surface area contributed by atoms with E-state index in [0.29, 0.717) is 17.3 Å². The van der Waals surface area contributed by atoms with Gasteiger partial charge in [0.2, 0.25) is 0 Å². The molecule has 3 N–H and O–H groups in total. The van der Waals surface area contributed by atoms with Crippen LogP contribution in [-0.4, -0.2) is 10.1 Å². The molecule has 0 aliphatic carbocycles. The molecule has 3 nitrogen and oxygen atoms in total. The first-order valence-corrected chi connectivity index (χ1v) is 6.57. The first-order valence-electron chi connectivity index (χ1n) is 5.39. The van der Waals surface area contributed by atoms with Crippen LogP contribution >= 0.6 is 27.5 Å². The van der Waals surface area contributed by atoms with Crippen LogP contribution in [0.5, 0.6) is 0 Å². The Bertz CT molecular complexity index is 562. The molecular formula is C13H12BrClN2O. The zero-order valence-electron chi connectivity index (χ0n) is 9.48. The maximum atomic E-state index is 10.2. The van der Waals surface area contributed by atoms with Crippen molar-refractivity contribution in [3.8, 4) is 0 Å². The van der Waals surface area contributed by atoms with Gasteiger partial charge in [-0.2, -0.15) is 0 Å². The Kier molecular flexibility index (Phi) is 4.22. The highest BCUT2D eigenvalue weighted by Crippen LogP contribution is 2.28. The average molecular weight is 328 g/mol. The van der Waals surface area contributed by atoms with Crippen molar-refractivity contribution >= 4 is 33.3 Å². The fourth-order valence-electron chi connectivity index (χ4n) is 1.73. The summed E-state index contributed by atoms with van der Waals surface area (Å²) in [6.45, 7) is 0. The van der Waals surface area contributed by atoms with Gasteiger partial charge in [0, 0.05) is 22.1 Å². The summed E-state index contributed by atoms with van der Waals surface area (Å²) in [6, 6.07) is 8.92. The second kappa shape index (κ2) is 5.69. The van der Waals surface area contributed by atoms with Gasteiger partial charge in [-0.1, -0.05) is 33.6 Å². The molecule has 5 heteroatoms. The molecule has 2 aromatic rings. The van der Waals surface area contributed by atoms with Gasteiger partial charge in [0.25, 0.3) is 0 Å². The van der Waals surface area contributed by atoms with E-state index in [1.165, 1.54) is 0 Å². The van der Waals surface area contributed by atoms with E-state index in [-0.39, 0.29) is 0 Å². The van der Waals surface area contributed by atoms with Crippen LogP contribution in [0.25, 0.3) is 0 Å². The zero-order valence-corrected chi connectivity index (χ0v) is 11.8. The fourth-order valence-corrected chi connectivity index (χ4v) is 2.67. The highest BCUT2D eigenvalue weighted by Gasteiger charge is 2.12. The van der Waals surface area contributed by atoms with Gasteiger partial charge in [-0.25, -0.2) is 4.98 Å². The van der Waals surface area contributed by atoms with E-state index in [1.54, 1.807) is 24.4 Å². The van der Waals surface area contributed by atoms with Crippen LogP contribution in [0.4, 0.5) is 5.82 Å². The number of aromatic nitrogens is 1. The summed E-state index contributed by atoms with van der Waals surface area (Å²) in [5.41, 5.74) is 7.35. The van der Waals surface area contributed by atoms with Gasteiger partial charge < -0.3 is 10.8 Å².